The van der Waals surface area contributed by atoms with Gasteiger partial charge in [0.05, 0.1) is 5.56 Å². The van der Waals surface area contributed by atoms with Crippen LogP contribution in [0.1, 0.15) is 72.3 Å². The number of nitrogens with two attached hydrogens (primary N) is 1. The van der Waals surface area contributed by atoms with Crippen LogP contribution < -0.4 is 16.4 Å². The Bertz CT molecular complexity index is 924. The molecule has 0 aliphatic rings. The van der Waals surface area contributed by atoms with Crippen molar-refractivity contribution in [3.63, 3.8) is 0 Å². The molecule has 0 atom stereocenters. The smallest absolute Gasteiger partial charge is 0.404 e. The van der Waals surface area contributed by atoms with Crippen molar-refractivity contribution in [3.8, 4) is 0 Å². The molecular weight excluding hydrogens is 507 g/mol. The zero-order valence-electron chi connectivity index (χ0n) is 23.5. The van der Waals surface area contributed by atoms with Gasteiger partial charge in [-0.05, 0) is 44.0 Å². The number of nitrogens with zero attached hydrogens (tertiary/aromatic N) is 2. The van der Waals surface area contributed by atoms with Crippen LogP contribution in [0, 0.1) is 13.8 Å². The Morgan fingerprint density at radius 1 is 1.14 bits per heavy atom. The molecule has 0 unspecified atom stereocenters. The normalized spacial score (nSPS) is 9.14. The van der Waals surface area contributed by atoms with Crippen molar-refractivity contribution in [1.82, 2.24) is 15.1 Å². The first-order valence-corrected chi connectivity index (χ1v) is 11.9. The van der Waals surface area contributed by atoms with Crippen molar-refractivity contribution in [2.75, 3.05) is 19.4 Å². The number of aldehydes is 1. The van der Waals surface area contributed by atoms with Crippen LogP contribution in [-0.2, 0) is 13.2 Å². The number of anilines is 1. The molecule has 1 aromatic heterocycles. The van der Waals surface area contributed by atoms with E-state index in [0.29, 0.717) is 17.9 Å². The summed E-state index contributed by atoms with van der Waals surface area (Å²) in [6, 6.07) is 4.64. The predicted molar refractivity (Wildman–Crippen MR) is 150 cm³/mol. The van der Waals surface area contributed by atoms with Gasteiger partial charge < -0.3 is 16.4 Å². The van der Waals surface area contributed by atoms with E-state index in [0.717, 1.165) is 21.5 Å². The number of allylic oxidation sites excluding steroid dienone is 1. The molecule has 0 aliphatic heterocycles. The van der Waals surface area contributed by atoms with Crippen LogP contribution in [0.4, 0.5) is 18.9 Å². The van der Waals surface area contributed by atoms with Gasteiger partial charge in [0.2, 0.25) is 0 Å². The second kappa shape index (κ2) is 24.4. The van der Waals surface area contributed by atoms with Crippen molar-refractivity contribution in [2.24, 2.45) is 12.8 Å². The molecule has 1 aromatic carbocycles. The topological polar surface area (TPSA) is 102 Å². The lowest BCUT2D eigenvalue weighted by Gasteiger charge is -2.12. The highest BCUT2D eigenvalue weighted by molar-refractivity contribution is 6.25. The molecule has 1 heterocycles. The van der Waals surface area contributed by atoms with E-state index in [1.807, 2.05) is 61.6 Å². The lowest BCUT2D eigenvalue weighted by molar-refractivity contribution is -0.141. The number of alkyl halides is 3. The van der Waals surface area contributed by atoms with Gasteiger partial charge in [-0.1, -0.05) is 51.4 Å². The zero-order valence-corrected chi connectivity index (χ0v) is 24.3. The van der Waals surface area contributed by atoms with Gasteiger partial charge in [-0.25, -0.2) is 0 Å². The van der Waals surface area contributed by atoms with Crippen LogP contribution in [0.3, 0.4) is 0 Å². The quantitative estimate of drug-likeness (QED) is 0.287. The van der Waals surface area contributed by atoms with Crippen LogP contribution in [0.2, 0.25) is 0 Å². The molecule has 37 heavy (non-hydrogen) atoms. The number of benzene rings is 1. The number of halogens is 4. The Morgan fingerprint density at radius 2 is 1.59 bits per heavy atom. The molecule has 7 nitrogen and oxygen atoms in total. The fourth-order valence-electron chi connectivity index (χ4n) is 2.34. The summed E-state index contributed by atoms with van der Waals surface area (Å²) in [5.74, 6) is -0.0545. The second-order valence-electron chi connectivity index (χ2n) is 6.25. The average Bonchev–Trinajstić information content (AvgIpc) is 3.28. The van der Waals surface area contributed by atoms with E-state index in [-0.39, 0.29) is 11.6 Å². The maximum atomic E-state index is 11.9. The minimum atomic E-state index is -4.49. The number of aryl methyl sites for hydroxylation is 3. The molecule has 0 saturated carbocycles. The summed E-state index contributed by atoms with van der Waals surface area (Å²) in [4.78, 5) is 21.7. The molecule has 0 fully saturated rings. The van der Waals surface area contributed by atoms with Crippen molar-refractivity contribution in [1.29, 1.82) is 0 Å². The fraction of sp³-hybridized carbons (Fsp3) is 0.423. The molecular formula is C26H43ClF3N5O2. The summed E-state index contributed by atoms with van der Waals surface area (Å²) in [5.41, 5.74) is 8.61. The molecule has 0 radical (unpaired) electrons. The monoisotopic (exact) mass is 549 g/mol. The number of nitrogens with one attached hydrogen (secondary N) is 2. The molecule has 1 amide bonds. The Kier molecular flexibility index (Phi) is 27.0. The molecule has 4 N–H and O–H groups in total. The number of rotatable bonds is 3. The molecule has 0 saturated heterocycles. The Labute approximate surface area is 225 Å². The third-order valence-electron chi connectivity index (χ3n) is 3.60. The fourth-order valence-corrected chi connectivity index (χ4v) is 2.34. The summed E-state index contributed by atoms with van der Waals surface area (Å²) < 4.78 is 36.7. The lowest BCUT2D eigenvalue weighted by Crippen LogP contribution is -2.19. The third-order valence-corrected chi connectivity index (χ3v) is 3.75. The number of hydrogen-bond acceptors (Lipinski definition) is 5. The standard InChI is InChI=1S/C11H16N2O.C6H5F3N2O.C3H6.C2H4ClN.2C2H6/c1-7-5-8(2)10(12-3)9(6-7)11(14)13-4;1-11-4(3-12)2-5(10-11)6(7,8)9;1-3-2;3-1-2-4;2*1-2/h5-6,12H,1-4H3,(H,13,14);2-3H,1H3;3H,1H2,2H3;1-2H,4H2;2*1-2H3/b;;;2-1+;;. The average molecular weight is 550 g/mol. The number of aromatic nitrogens is 2. The van der Waals surface area contributed by atoms with Gasteiger partial charge in [0.15, 0.2) is 12.0 Å². The van der Waals surface area contributed by atoms with Gasteiger partial charge in [0.25, 0.3) is 5.91 Å². The van der Waals surface area contributed by atoms with E-state index in [2.05, 4.69) is 28.4 Å². The van der Waals surface area contributed by atoms with Crippen molar-refractivity contribution < 1.29 is 22.8 Å². The molecule has 0 bridgehead atoms. The summed E-state index contributed by atoms with van der Waals surface area (Å²) in [6.07, 6.45) is -1.15. The summed E-state index contributed by atoms with van der Waals surface area (Å²) in [7, 11) is 4.74. The molecule has 0 aliphatic carbocycles. The van der Waals surface area contributed by atoms with E-state index in [9.17, 15) is 22.8 Å². The Balaban J connectivity index is -0.000000214. The summed E-state index contributed by atoms with van der Waals surface area (Å²) in [6.45, 7) is 17.2. The molecule has 2 rings (SSSR count). The van der Waals surface area contributed by atoms with Crippen LogP contribution in [0.5, 0.6) is 0 Å². The minimum Gasteiger partial charge on any atom is -0.404 e. The number of hydrogen-bond donors (Lipinski definition) is 3. The number of carbonyl (C=O) groups is 2. The predicted octanol–water partition coefficient (Wildman–Crippen LogP) is 6.86. The van der Waals surface area contributed by atoms with Crippen LogP contribution in [-0.4, -0.2) is 36.1 Å². The molecule has 212 valence electrons. The highest BCUT2D eigenvalue weighted by Gasteiger charge is 2.34. The van der Waals surface area contributed by atoms with E-state index in [4.69, 9.17) is 17.3 Å². The molecule has 2 aromatic rings. The maximum Gasteiger partial charge on any atom is 0.435 e. The molecule has 0 spiro atoms. The van der Waals surface area contributed by atoms with Crippen LogP contribution in [0.25, 0.3) is 0 Å². The van der Waals surface area contributed by atoms with E-state index >= 15 is 0 Å². The molecule has 11 heteroatoms. The first-order valence-electron chi connectivity index (χ1n) is 11.5. The largest absolute Gasteiger partial charge is 0.435 e. The zero-order chi connectivity index (χ0) is 30.2. The van der Waals surface area contributed by atoms with Crippen LogP contribution in [0.15, 0.2) is 42.6 Å². The highest BCUT2D eigenvalue weighted by Crippen LogP contribution is 2.27. The van der Waals surface area contributed by atoms with Gasteiger partial charge in [-0.2, -0.15) is 18.3 Å². The van der Waals surface area contributed by atoms with E-state index in [1.54, 1.807) is 13.1 Å². The van der Waals surface area contributed by atoms with Crippen molar-refractivity contribution >= 4 is 29.5 Å². The maximum absolute atomic E-state index is 11.9. The first-order chi connectivity index (χ1) is 17.4. The summed E-state index contributed by atoms with van der Waals surface area (Å²) >= 11 is 4.88. The Hall–Kier alpha value is -3.27. The Morgan fingerprint density at radius 3 is 1.86 bits per heavy atom. The van der Waals surface area contributed by atoms with Gasteiger partial charge in [-0.3, -0.25) is 14.3 Å². The van der Waals surface area contributed by atoms with Crippen LogP contribution >= 0.6 is 11.6 Å². The third kappa shape index (κ3) is 17.7. The second-order valence-corrected chi connectivity index (χ2v) is 6.51. The lowest BCUT2D eigenvalue weighted by atomic mass is 10.0. The first kappa shape index (κ1) is 40.9. The van der Waals surface area contributed by atoms with Gasteiger partial charge in [0, 0.05) is 38.6 Å². The van der Waals surface area contributed by atoms with Crippen molar-refractivity contribution in [2.45, 2.75) is 54.6 Å². The van der Waals surface area contributed by atoms with Gasteiger partial charge in [0.1, 0.15) is 5.69 Å². The highest BCUT2D eigenvalue weighted by atomic mass is 35.5. The minimum absolute atomic E-state index is 0.0545. The number of carbonyl (C=O) groups excluding carboxylic acids is 2. The van der Waals surface area contributed by atoms with E-state index in [1.165, 1.54) is 18.8 Å². The van der Waals surface area contributed by atoms with Gasteiger partial charge >= 0.3 is 6.18 Å². The van der Waals surface area contributed by atoms with Crippen molar-refractivity contribution in [3.05, 3.63) is 70.7 Å². The SMILES string of the molecule is C=CC.CC.CC.CNC(=O)c1cc(C)cc(C)c1NC.Cn1nc(C(F)(F)F)cc1C=O.N/C=C/Cl. The number of amides is 1. The van der Waals surface area contributed by atoms with E-state index < -0.39 is 11.9 Å². The summed E-state index contributed by atoms with van der Waals surface area (Å²) in [5, 5.41) is 8.79. The van der Waals surface area contributed by atoms with Gasteiger partial charge in [-0.15, -0.1) is 6.58 Å².